The first-order valence-electron chi connectivity index (χ1n) is 14.7. The molecule has 1 unspecified atom stereocenters. The summed E-state index contributed by atoms with van der Waals surface area (Å²) < 4.78 is 53.2. The van der Waals surface area contributed by atoms with Crippen LogP contribution in [0.25, 0.3) is 28.4 Å². The molecular weight excluding hydrogens is 619 g/mol. The van der Waals surface area contributed by atoms with Crippen LogP contribution >= 0.6 is 0 Å². The predicted molar refractivity (Wildman–Crippen MR) is 166 cm³/mol. The number of carbonyl (C=O) groups excluding carboxylic acids is 2. The fourth-order valence-corrected chi connectivity index (χ4v) is 4.86. The summed E-state index contributed by atoms with van der Waals surface area (Å²) in [5, 5.41) is 13.6. The Labute approximate surface area is 268 Å². The summed E-state index contributed by atoms with van der Waals surface area (Å²) in [4.78, 5) is 40.3. The lowest BCUT2D eigenvalue weighted by atomic mass is 10.1. The maximum absolute atomic E-state index is 14.1. The van der Waals surface area contributed by atoms with Crippen molar-refractivity contribution in [1.82, 2.24) is 30.1 Å². The third kappa shape index (κ3) is 8.42. The van der Waals surface area contributed by atoms with Gasteiger partial charge in [-0.25, -0.2) is 19.7 Å². The molecule has 4 aromatic rings. The third-order valence-corrected chi connectivity index (χ3v) is 7.19. The van der Waals surface area contributed by atoms with E-state index in [1.807, 2.05) is 0 Å². The number of piperazine rings is 1. The zero-order chi connectivity index (χ0) is 33.9. The maximum Gasteiger partial charge on any atom is 0.420 e. The van der Waals surface area contributed by atoms with Crippen LogP contribution in [0.4, 0.5) is 23.8 Å². The molecule has 1 aliphatic rings. The number of hydrogen-bond donors (Lipinski definition) is 3. The highest BCUT2D eigenvalue weighted by atomic mass is 19.4. The molecule has 4 heterocycles. The summed E-state index contributed by atoms with van der Waals surface area (Å²) in [6.07, 6.45) is 0.727. The van der Waals surface area contributed by atoms with E-state index in [4.69, 9.17) is 14.9 Å². The molecule has 4 N–H and O–H groups in total. The van der Waals surface area contributed by atoms with E-state index >= 15 is 0 Å². The molecule has 15 heteroatoms. The van der Waals surface area contributed by atoms with Crippen molar-refractivity contribution in [3.63, 3.8) is 0 Å². The van der Waals surface area contributed by atoms with Crippen LogP contribution in [0.1, 0.15) is 49.4 Å². The second-order valence-corrected chi connectivity index (χ2v) is 11.9. The van der Waals surface area contributed by atoms with Crippen LogP contribution in [-0.2, 0) is 22.3 Å². The molecule has 3 aromatic heterocycles. The Morgan fingerprint density at radius 1 is 1.06 bits per heavy atom. The van der Waals surface area contributed by atoms with Crippen LogP contribution in [0, 0.1) is 0 Å². The number of benzene rings is 1. The Hall–Kier alpha value is -5.02. The smallest absolute Gasteiger partial charge is 0.420 e. The summed E-state index contributed by atoms with van der Waals surface area (Å²) in [6.45, 7) is 6.64. The molecule has 5 rings (SSSR count). The van der Waals surface area contributed by atoms with Crippen LogP contribution in [0.5, 0.6) is 0 Å². The standard InChI is InChI=1S/C32H34F3N7O5/c1-31(2,3)47-30(45)42-10-8-41(9-11-42)29(44)22-16-39-28(40-17-22)21-12-20-13-23(46-27(20)24(14-21)32(33,34)35)18-38-26(43)7-5-19-4-6-25(36)37-15-19/h4-7,12-17,29,44H,8-11,18H2,1-3H3,(H2,36,37)(H,38,43). The normalized spacial score (nSPS) is 15.3. The summed E-state index contributed by atoms with van der Waals surface area (Å²) in [7, 11) is 0. The van der Waals surface area contributed by atoms with Gasteiger partial charge in [0.2, 0.25) is 5.91 Å². The highest BCUT2D eigenvalue weighted by Gasteiger charge is 2.35. The first-order valence-corrected chi connectivity index (χ1v) is 14.7. The average molecular weight is 654 g/mol. The summed E-state index contributed by atoms with van der Waals surface area (Å²) in [5.74, 6) is -0.0188. The quantitative estimate of drug-likeness (QED) is 0.237. The van der Waals surface area contributed by atoms with Gasteiger partial charge < -0.3 is 30.2 Å². The van der Waals surface area contributed by atoms with E-state index in [1.54, 1.807) is 42.7 Å². The van der Waals surface area contributed by atoms with Crippen LogP contribution in [-0.4, -0.2) is 73.6 Å². The Morgan fingerprint density at radius 2 is 1.77 bits per heavy atom. The van der Waals surface area contributed by atoms with Gasteiger partial charge in [0.05, 0.1) is 12.1 Å². The number of fused-ring (bicyclic) bond motifs is 1. The van der Waals surface area contributed by atoms with Crippen molar-refractivity contribution >= 4 is 34.9 Å². The highest BCUT2D eigenvalue weighted by Crippen LogP contribution is 2.39. The van der Waals surface area contributed by atoms with Gasteiger partial charge in [-0.15, -0.1) is 0 Å². The number of carbonyl (C=O) groups is 2. The lowest BCUT2D eigenvalue weighted by Gasteiger charge is -2.37. The van der Waals surface area contributed by atoms with Gasteiger partial charge in [-0.1, -0.05) is 0 Å². The number of aliphatic hydroxyl groups is 1. The molecule has 1 aromatic carbocycles. The minimum atomic E-state index is -4.75. The maximum atomic E-state index is 14.1. The second kappa shape index (κ2) is 13.4. The molecule has 0 bridgehead atoms. The minimum absolute atomic E-state index is 0.0152. The summed E-state index contributed by atoms with van der Waals surface area (Å²) in [5.41, 5.74) is 4.60. The van der Waals surface area contributed by atoms with Crippen LogP contribution in [0.2, 0.25) is 0 Å². The number of alkyl halides is 3. The number of amides is 2. The number of rotatable bonds is 7. The van der Waals surface area contributed by atoms with Crippen LogP contribution in [0.15, 0.2) is 59.4 Å². The molecule has 0 saturated carbocycles. The molecule has 0 aliphatic carbocycles. The van der Waals surface area contributed by atoms with Gasteiger partial charge in [0.15, 0.2) is 5.82 Å². The lowest BCUT2D eigenvalue weighted by Crippen LogP contribution is -2.50. The molecule has 12 nitrogen and oxygen atoms in total. The van der Waals surface area contributed by atoms with Crippen molar-refractivity contribution < 1.29 is 37.0 Å². The summed E-state index contributed by atoms with van der Waals surface area (Å²) >= 11 is 0. The second-order valence-electron chi connectivity index (χ2n) is 11.9. The Kier molecular flexibility index (Phi) is 9.49. The lowest BCUT2D eigenvalue weighted by molar-refractivity contribution is -0.136. The van der Waals surface area contributed by atoms with E-state index in [1.165, 1.54) is 42.9 Å². The van der Waals surface area contributed by atoms with E-state index in [-0.39, 0.29) is 34.7 Å². The number of nitrogens with one attached hydrogen (secondary N) is 1. The first kappa shape index (κ1) is 33.3. The van der Waals surface area contributed by atoms with E-state index in [0.717, 1.165) is 6.07 Å². The molecule has 1 aliphatic heterocycles. The number of pyridine rings is 1. The number of aromatic nitrogens is 3. The van der Waals surface area contributed by atoms with Crippen molar-refractivity contribution in [1.29, 1.82) is 0 Å². The first-order chi connectivity index (χ1) is 22.2. The topological polar surface area (TPSA) is 160 Å². The number of nitrogens with two attached hydrogens (primary N) is 1. The monoisotopic (exact) mass is 653 g/mol. The van der Waals surface area contributed by atoms with Crippen molar-refractivity contribution in [3.8, 4) is 11.4 Å². The van der Waals surface area contributed by atoms with Crippen molar-refractivity contribution in [3.05, 3.63) is 77.4 Å². The minimum Gasteiger partial charge on any atom is -0.459 e. The largest absolute Gasteiger partial charge is 0.459 e. The Balaban J connectivity index is 1.27. The van der Waals surface area contributed by atoms with Gasteiger partial charge in [-0.3, -0.25) is 9.69 Å². The fourth-order valence-electron chi connectivity index (χ4n) is 4.86. The molecular formula is C32H34F3N7O5. The molecule has 248 valence electrons. The number of nitrogen functional groups attached to an aromatic ring is 1. The predicted octanol–water partition coefficient (Wildman–Crippen LogP) is 4.76. The van der Waals surface area contributed by atoms with Crippen molar-refractivity contribution in [2.45, 2.75) is 45.3 Å². The molecule has 1 atom stereocenters. The highest BCUT2D eigenvalue weighted by molar-refractivity contribution is 5.92. The Morgan fingerprint density at radius 3 is 2.38 bits per heavy atom. The van der Waals surface area contributed by atoms with Gasteiger partial charge in [0, 0.05) is 67.4 Å². The number of hydrogen-bond acceptors (Lipinski definition) is 10. The van der Waals surface area contributed by atoms with Crippen molar-refractivity contribution in [2.75, 3.05) is 31.9 Å². The zero-order valence-electron chi connectivity index (χ0n) is 25.9. The fraction of sp³-hybridized carbons (Fsp3) is 0.344. The van der Waals surface area contributed by atoms with Gasteiger partial charge in [-0.05, 0) is 62.7 Å². The number of anilines is 1. The molecule has 47 heavy (non-hydrogen) atoms. The van der Waals surface area contributed by atoms with Crippen LogP contribution < -0.4 is 11.1 Å². The Bertz CT molecular complexity index is 1760. The molecule has 0 spiro atoms. The van der Waals surface area contributed by atoms with E-state index in [2.05, 4.69) is 20.3 Å². The number of aliphatic hydroxyl groups excluding tert-OH is 1. The summed E-state index contributed by atoms with van der Waals surface area (Å²) in [6, 6.07) is 7.04. The average Bonchev–Trinajstić information content (AvgIpc) is 3.44. The number of furan rings is 1. The molecule has 0 radical (unpaired) electrons. The van der Waals surface area contributed by atoms with Crippen molar-refractivity contribution in [2.24, 2.45) is 0 Å². The molecule has 1 saturated heterocycles. The van der Waals surface area contributed by atoms with Gasteiger partial charge in [-0.2, -0.15) is 13.2 Å². The van der Waals surface area contributed by atoms with Gasteiger partial charge in [0.25, 0.3) is 0 Å². The molecule has 2 amide bonds. The van der Waals surface area contributed by atoms with E-state index in [9.17, 15) is 27.9 Å². The van der Waals surface area contributed by atoms with Gasteiger partial charge >= 0.3 is 12.3 Å². The van der Waals surface area contributed by atoms with Crippen LogP contribution in [0.3, 0.4) is 0 Å². The van der Waals surface area contributed by atoms with Gasteiger partial charge in [0.1, 0.15) is 29.0 Å². The molecule has 1 fully saturated rings. The number of halogens is 3. The number of nitrogens with zero attached hydrogens (tertiary/aromatic N) is 5. The third-order valence-electron chi connectivity index (χ3n) is 7.19. The zero-order valence-corrected chi connectivity index (χ0v) is 25.9. The van der Waals surface area contributed by atoms with E-state index < -0.39 is 35.6 Å². The number of ether oxygens (including phenoxy) is 1. The van der Waals surface area contributed by atoms with E-state index in [0.29, 0.717) is 43.1 Å². The SMILES string of the molecule is CC(C)(C)OC(=O)N1CCN(C(O)c2cnc(-c3cc(C(F)(F)F)c4oc(CNC(=O)C=Cc5ccc(N)nc5)cc4c3)nc2)CC1.